The summed E-state index contributed by atoms with van der Waals surface area (Å²) in [5.74, 6) is -0.381. The molecule has 0 aliphatic heterocycles. The lowest BCUT2D eigenvalue weighted by Crippen LogP contribution is -2.44. The van der Waals surface area contributed by atoms with Crippen LogP contribution in [0, 0.1) is 17.8 Å². The third kappa shape index (κ3) is 7.12. The van der Waals surface area contributed by atoms with Gasteiger partial charge in [0.05, 0.1) is 17.3 Å². The molecule has 1 aliphatic carbocycles. The molecule has 1 aromatic heterocycles. The van der Waals surface area contributed by atoms with Crippen LogP contribution in [-0.2, 0) is 22.7 Å². The molecule has 1 heterocycles. The van der Waals surface area contributed by atoms with Crippen LogP contribution in [-0.4, -0.2) is 33.9 Å². The third-order valence-electron chi connectivity index (χ3n) is 5.79. The number of anilines is 1. The number of para-hydroxylation sites is 1. The Kier molecular flexibility index (Phi) is 8.16. The molecule has 1 fully saturated rings. The van der Waals surface area contributed by atoms with Crippen molar-refractivity contribution in [3.05, 3.63) is 59.4 Å². The average molecular weight is 453 g/mol. The number of rotatable bonds is 11. The fraction of sp³-hybridized carbons (Fsp3) is 0.440. The van der Waals surface area contributed by atoms with E-state index in [2.05, 4.69) is 27.9 Å². The Morgan fingerprint density at radius 3 is 2.55 bits per heavy atom. The lowest BCUT2D eigenvalue weighted by molar-refractivity contribution is -0.123. The fourth-order valence-electron chi connectivity index (χ4n) is 3.70. The molecule has 1 saturated carbocycles. The Morgan fingerprint density at radius 1 is 1.15 bits per heavy atom. The maximum absolute atomic E-state index is 13.0. The van der Waals surface area contributed by atoms with Gasteiger partial charge in [-0.15, -0.1) is 0 Å². The van der Waals surface area contributed by atoms with Crippen LogP contribution in [0.15, 0.2) is 42.6 Å². The summed E-state index contributed by atoms with van der Waals surface area (Å²) in [5.41, 5.74) is 2.27. The summed E-state index contributed by atoms with van der Waals surface area (Å²) in [7, 11) is 0. The molecule has 3 atom stereocenters. The van der Waals surface area contributed by atoms with Crippen LogP contribution in [0.2, 0.25) is 0 Å². The molecule has 8 heteroatoms. The number of hydrogen-bond donors (Lipinski definition) is 4. The van der Waals surface area contributed by atoms with Crippen LogP contribution in [0.25, 0.3) is 0 Å². The van der Waals surface area contributed by atoms with Crippen LogP contribution in [0.1, 0.15) is 55.2 Å². The number of amides is 2. The summed E-state index contributed by atoms with van der Waals surface area (Å²) in [4.78, 5) is 40.7. The Balaban J connectivity index is 1.61. The fourth-order valence-corrected chi connectivity index (χ4v) is 3.70. The van der Waals surface area contributed by atoms with Gasteiger partial charge >= 0.3 is 5.97 Å². The van der Waals surface area contributed by atoms with Gasteiger partial charge in [0.1, 0.15) is 0 Å². The van der Waals surface area contributed by atoms with Crippen molar-refractivity contribution in [2.45, 2.75) is 52.7 Å². The van der Waals surface area contributed by atoms with Crippen molar-refractivity contribution in [1.29, 1.82) is 0 Å². The van der Waals surface area contributed by atoms with Gasteiger partial charge in [-0.25, -0.2) is 4.79 Å². The molecule has 2 unspecified atom stereocenters. The number of carboxylic acids is 1. The lowest BCUT2D eigenvalue weighted by Gasteiger charge is -2.21. The van der Waals surface area contributed by atoms with Crippen molar-refractivity contribution in [3.63, 3.8) is 0 Å². The van der Waals surface area contributed by atoms with E-state index in [-0.39, 0.29) is 35.8 Å². The molecule has 3 rings (SSSR count). The van der Waals surface area contributed by atoms with Gasteiger partial charge in [0, 0.05) is 30.9 Å². The van der Waals surface area contributed by atoms with Crippen molar-refractivity contribution in [3.8, 4) is 0 Å². The van der Waals surface area contributed by atoms with E-state index in [1.165, 1.54) is 18.3 Å². The highest BCUT2D eigenvalue weighted by molar-refractivity contribution is 5.95. The van der Waals surface area contributed by atoms with Crippen LogP contribution in [0.3, 0.4) is 0 Å². The molecular weight excluding hydrogens is 420 g/mol. The number of aromatic nitrogens is 1. The van der Waals surface area contributed by atoms with Gasteiger partial charge in [-0.1, -0.05) is 39.0 Å². The van der Waals surface area contributed by atoms with Crippen LogP contribution in [0.4, 0.5) is 5.69 Å². The molecular formula is C25H32N4O4. The zero-order valence-electron chi connectivity index (χ0n) is 19.3. The SMILES string of the molecule is CC(C)C[C@H](NCc1cc(C(=O)O)ccn1)C(=O)NCc1ccccc1NC(=O)C1CC1C. The van der Waals surface area contributed by atoms with Gasteiger partial charge in [0.25, 0.3) is 0 Å². The second-order valence-electron chi connectivity index (χ2n) is 9.09. The number of carbonyl (C=O) groups is 3. The van der Waals surface area contributed by atoms with E-state index in [0.717, 1.165) is 12.0 Å². The molecule has 0 radical (unpaired) electrons. The highest BCUT2D eigenvalue weighted by atomic mass is 16.4. The third-order valence-corrected chi connectivity index (χ3v) is 5.79. The van der Waals surface area contributed by atoms with Crippen molar-refractivity contribution in [2.75, 3.05) is 5.32 Å². The summed E-state index contributed by atoms with van der Waals surface area (Å²) in [6, 6.07) is 9.94. The average Bonchev–Trinajstić information content (AvgIpc) is 3.52. The first-order valence-corrected chi connectivity index (χ1v) is 11.3. The lowest BCUT2D eigenvalue weighted by atomic mass is 10.0. The van der Waals surface area contributed by atoms with Crippen LogP contribution < -0.4 is 16.0 Å². The van der Waals surface area contributed by atoms with Gasteiger partial charge in [0.2, 0.25) is 11.8 Å². The predicted octanol–water partition coefficient (Wildman–Crippen LogP) is 3.20. The highest BCUT2D eigenvalue weighted by Gasteiger charge is 2.39. The van der Waals surface area contributed by atoms with Gasteiger partial charge in [0.15, 0.2) is 0 Å². The summed E-state index contributed by atoms with van der Waals surface area (Å²) in [6.07, 6.45) is 2.98. The topological polar surface area (TPSA) is 120 Å². The van der Waals surface area contributed by atoms with E-state index in [9.17, 15) is 14.4 Å². The summed E-state index contributed by atoms with van der Waals surface area (Å²) < 4.78 is 0. The first-order chi connectivity index (χ1) is 15.7. The van der Waals surface area contributed by atoms with E-state index < -0.39 is 12.0 Å². The summed E-state index contributed by atoms with van der Waals surface area (Å²) in [5, 5.41) is 18.3. The van der Waals surface area contributed by atoms with Gasteiger partial charge in [-0.2, -0.15) is 0 Å². The monoisotopic (exact) mass is 452 g/mol. The number of nitrogens with one attached hydrogen (secondary N) is 3. The Morgan fingerprint density at radius 2 is 1.88 bits per heavy atom. The van der Waals surface area contributed by atoms with Gasteiger partial charge in [-0.3, -0.25) is 14.6 Å². The van der Waals surface area contributed by atoms with Crippen LogP contribution in [0.5, 0.6) is 0 Å². The smallest absolute Gasteiger partial charge is 0.335 e. The van der Waals surface area contributed by atoms with E-state index >= 15 is 0 Å². The van der Waals surface area contributed by atoms with Gasteiger partial charge in [-0.05, 0) is 48.4 Å². The van der Waals surface area contributed by atoms with E-state index in [0.29, 0.717) is 30.3 Å². The molecule has 33 heavy (non-hydrogen) atoms. The Bertz CT molecular complexity index is 1010. The maximum Gasteiger partial charge on any atom is 0.335 e. The minimum absolute atomic E-state index is 0.0247. The Hall–Kier alpha value is -3.26. The van der Waals surface area contributed by atoms with Gasteiger partial charge < -0.3 is 21.1 Å². The predicted molar refractivity (Wildman–Crippen MR) is 125 cm³/mol. The molecule has 0 saturated heterocycles. The first kappa shape index (κ1) is 24.4. The number of aromatic carboxylic acids is 1. The van der Waals surface area contributed by atoms with E-state index in [1.807, 2.05) is 38.1 Å². The van der Waals surface area contributed by atoms with Crippen molar-refractivity contribution >= 4 is 23.5 Å². The van der Waals surface area contributed by atoms with Crippen molar-refractivity contribution in [2.24, 2.45) is 17.8 Å². The number of nitrogens with zero attached hydrogens (tertiary/aromatic N) is 1. The van der Waals surface area contributed by atoms with Crippen molar-refractivity contribution < 1.29 is 19.5 Å². The Labute approximate surface area is 194 Å². The maximum atomic E-state index is 13.0. The highest BCUT2D eigenvalue weighted by Crippen LogP contribution is 2.38. The minimum Gasteiger partial charge on any atom is -0.478 e. The first-order valence-electron chi connectivity index (χ1n) is 11.3. The number of carboxylic acid groups (broad SMARTS) is 1. The molecule has 0 bridgehead atoms. The van der Waals surface area contributed by atoms with E-state index in [4.69, 9.17) is 5.11 Å². The molecule has 0 spiro atoms. The largest absolute Gasteiger partial charge is 0.478 e. The molecule has 176 valence electrons. The second kappa shape index (κ2) is 11.0. The normalized spacial score (nSPS) is 17.9. The second-order valence-corrected chi connectivity index (χ2v) is 9.09. The summed E-state index contributed by atoms with van der Waals surface area (Å²) >= 11 is 0. The standard InChI is InChI=1S/C25H32N4O4/c1-15(2)10-22(27-14-19-12-17(25(32)33)8-9-26-19)24(31)28-13-18-6-4-5-7-21(18)29-23(30)20-11-16(20)3/h4-9,12,15-16,20,22,27H,10-11,13-14H2,1-3H3,(H,28,31)(H,29,30)(H,32,33)/t16?,20?,22-/m0/s1. The molecule has 2 amide bonds. The summed E-state index contributed by atoms with van der Waals surface area (Å²) in [6.45, 7) is 6.70. The number of hydrogen-bond acceptors (Lipinski definition) is 5. The quantitative estimate of drug-likeness (QED) is 0.416. The van der Waals surface area contributed by atoms with Crippen molar-refractivity contribution in [1.82, 2.24) is 15.6 Å². The van der Waals surface area contributed by atoms with E-state index in [1.54, 1.807) is 0 Å². The zero-order valence-corrected chi connectivity index (χ0v) is 19.3. The minimum atomic E-state index is -1.02. The molecule has 4 N–H and O–H groups in total. The number of benzene rings is 1. The number of pyridine rings is 1. The molecule has 2 aromatic rings. The van der Waals surface area contributed by atoms with Crippen LogP contribution >= 0.6 is 0 Å². The molecule has 8 nitrogen and oxygen atoms in total. The zero-order chi connectivity index (χ0) is 24.0. The molecule has 1 aromatic carbocycles. The molecule has 1 aliphatic rings. The number of carbonyl (C=O) groups excluding carboxylic acids is 2.